The van der Waals surface area contributed by atoms with Crippen LogP contribution in [0.25, 0.3) is 5.69 Å². The van der Waals surface area contributed by atoms with E-state index in [1.54, 1.807) is 35.0 Å². The van der Waals surface area contributed by atoms with E-state index >= 15 is 0 Å². The molecule has 1 heterocycles. The van der Waals surface area contributed by atoms with E-state index in [2.05, 4.69) is 5.10 Å². The number of anilines is 1. The van der Waals surface area contributed by atoms with E-state index in [4.69, 9.17) is 5.26 Å². The summed E-state index contributed by atoms with van der Waals surface area (Å²) < 4.78 is 1.76. The fourth-order valence-corrected chi connectivity index (χ4v) is 2.58. The Bertz CT molecular complexity index is 944. The van der Waals surface area contributed by atoms with Crippen molar-refractivity contribution in [2.75, 3.05) is 11.9 Å². The largest absolute Gasteiger partial charge is 0.365 e. The van der Waals surface area contributed by atoms with Gasteiger partial charge in [-0.3, -0.25) is 10.1 Å². The summed E-state index contributed by atoms with van der Waals surface area (Å²) >= 11 is 0. The average Bonchev–Trinajstić information content (AvgIpc) is 3.10. The number of para-hydroxylation sites is 1. The summed E-state index contributed by atoms with van der Waals surface area (Å²) in [5.74, 6) is 0. The normalized spacial score (nSPS) is 10.2. The maximum atomic E-state index is 11.3. The molecular weight excluding hydrogens is 318 g/mol. The first-order chi connectivity index (χ1) is 12.1. The fourth-order valence-electron chi connectivity index (χ4n) is 2.58. The quantitative estimate of drug-likeness (QED) is 0.528. The Morgan fingerprint density at radius 1 is 1.28 bits per heavy atom. The summed E-state index contributed by atoms with van der Waals surface area (Å²) in [5, 5.41) is 24.5. The summed E-state index contributed by atoms with van der Waals surface area (Å²) in [6.45, 7) is 0.458. The number of nitro benzene ring substituents is 1. The zero-order valence-corrected chi connectivity index (χ0v) is 13.5. The fraction of sp³-hybridized carbons (Fsp3) is 0.111. The summed E-state index contributed by atoms with van der Waals surface area (Å²) in [5.41, 5.74) is 2.50. The van der Waals surface area contributed by atoms with Crippen LogP contribution in [0.15, 0.2) is 60.9 Å². The van der Waals surface area contributed by atoms with Crippen LogP contribution in [-0.4, -0.2) is 21.8 Å². The van der Waals surface area contributed by atoms with E-state index in [9.17, 15) is 10.1 Å². The summed E-state index contributed by atoms with van der Waals surface area (Å²) in [6, 6.07) is 16.1. The highest BCUT2D eigenvalue weighted by molar-refractivity contribution is 5.65. The first-order valence-corrected chi connectivity index (χ1v) is 7.57. The van der Waals surface area contributed by atoms with Crippen molar-refractivity contribution in [3.63, 3.8) is 0 Å². The Hall–Kier alpha value is -3.66. The van der Waals surface area contributed by atoms with Crippen LogP contribution in [0.5, 0.6) is 0 Å². The van der Waals surface area contributed by atoms with E-state index in [0.29, 0.717) is 12.2 Å². The highest BCUT2D eigenvalue weighted by Crippen LogP contribution is 2.29. The predicted molar refractivity (Wildman–Crippen MR) is 93.5 cm³/mol. The lowest BCUT2D eigenvalue weighted by Crippen LogP contribution is -2.17. The maximum Gasteiger partial charge on any atom is 0.293 e. The zero-order chi connectivity index (χ0) is 17.8. The van der Waals surface area contributed by atoms with E-state index in [-0.39, 0.29) is 11.3 Å². The van der Waals surface area contributed by atoms with Crippen molar-refractivity contribution in [2.45, 2.75) is 6.54 Å². The molecule has 0 N–H and O–H groups in total. The van der Waals surface area contributed by atoms with Crippen LogP contribution >= 0.6 is 0 Å². The second-order valence-electron chi connectivity index (χ2n) is 5.56. The molecule has 0 amide bonds. The minimum Gasteiger partial charge on any atom is -0.365 e. The second-order valence-corrected chi connectivity index (χ2v) is 5.56. The summed E-state index contributed by atoms with van der Waals surface area (Å²) in [4.78, 5) is 12.6. The van der Waals surface area contributed by atoms with Gasteiger partial charge in [0.25, 0.3) is 5.69 Å². The van der Waals surface area contributed by atoms with Crippen LogP contribution < -0.4 is 4.90 Å². The number of hydrogen-bond donors (Lipinski definition) is 0. The summed E-state index contributed by atoms with van der Waals surface area (Å²) in [7, 11) is 1.77. The molecule has 2 aromatic carbocycles. The lowest BCUT2D eigenvalue weighted by molar-refractivity contribution is -0.384. The van der Waals surface area contributed by atoms with Crippen molar-refractivity contribution in [1.82, 2.24) is 9.78 Å². The van der Waals surface area contributed by atoms with Crippen molar-refractivity contribution >= 4 is 11.4 Å². The number of nitrogens with zero attached hydrogens (tertiary/aromatic N) is 5. The molecule has 0 aliphatic heterocycles. The van der Waals surface area contributed by atoms with Crippen molar-refractivity contribution in [2.24, 2.45) is 0 Å². The van der Waals surface area contributed by atoms with E-state index in [1.807, 2.05) is 42.6 Å². The van der Waals surface area contributed by atoms with Gasteiger partial charge in [0.15, 0.2) is 0 Å². The van der Waals surface area contributed by atoms with Gasteiger partial charge in [0.05, 0.1) is 28.4 Å². The summed E-state index contributed by atoms with van der Waals surface area (Å²) in [6.07, 6.45) is 3.63. The topological polar surface area (TPSA) is 88.0 Å². The number of benzene rings is 2. The standard InChI is InChI=1S/C18H15N5O2/c1-21(17-8-7-14(10-19)9-18(17)23(24)25)12-15-11-20-22(13-15)16-5-3-2-4-6-16/h2-9,11,13H,12H2,1H3. The molecule has 7 heteroatoms. The Balaban J connectivity index is 1.84. The number of nitriles is 1. The van der Waals surface area contributed by atoms with E-state index < -0.39 is 4.92 Å². The number of rotatable bonds is 5. The third-order valence-electron chi connectivity index (χ3n) is 3.79. The molecule has 0 fully saturated rings. The zero-order valence-electron chi connectivity index (χ0n) is 13.5. The molecule has 0 unspecified atom stereocenters. The van der Waals surface area contributed by atoms with Gasteiger partial charge in [-0.25, -0.2) is 4.68 Å². The maximum absolute atomic E-state index is 11.3. The molecule has 0 bridgehead atoms. The van der Waals surface area contributed by atoms with Crippen LogP contribution in [-0.2, 0) is 6.54 Å². The molecule has 3 aromatic rings. The van der Waals surface area contributed by atoms with Crippen LogP contribution in [0.1, 0.15) is 11.1 Å². The molecule has 0 aliphatic rings. The monoisotopic (exact) mass is 333 g/mol. The van der Waals surface area contributed by atoms with E-state index in [1.165, 1.54) is 6.07 Å². The number of nitro groups is 1. The third kappa shape index (κ3) is 3.48. The predicted octanol–water partition coefficient (Wildman–Crippen LogP) is 3.29. The van der Waals surface area contributed by atoms with Crippen molar-refractivity contribution in [1.29, 1.82) is 5.26 Å². The molecule has 0 radical (unpaired) electrons. The molecule has 0 saturated heterocycles. The smallest absolute Gasteiger partial charge is 0.293 e. The molecule has 124 valence electrons. The number of aromatic nitrogens is 2. The van der Waals surface area contributed by atoms with Crippen molar-refractivity contribution in [3.05, 3.63) is 82.2 Å². The second kappa shape index (κ2) is 6.84. The van der Waals surface area contributed by atoms with Crippen LogP contribution in [0.2, 0.25) is 0 Å². The molecule has 0 saturated carbocycles. The van der Waals surface area contributed by atoms with Crippen LogP contribution in [0, 0.1) is 21.4 Å². The van der Waals surface area contributed by atoms with Crippen molar-refractivity contribution in [3.8, 4) is 11.8 Å². The third-order valence-corrected chi connectivity index (χ3v) is 3.79. The van der Waals surface area contributed by atoms with Gasteiger partial charge < -0.3 is 4.90 Å². The van der Waals surface area contributed by atoms with Gasteiger partial charge in [0.2, 0.25) is 0 Å². The highest BCUT2D eigenvalue weighted by Gasteiger charge is 2.18. The molecule has 0 atom stereocenters. The number of hydrogen-bond acceptors (Lipinski definition) is 5. The lowest BCUT2D eigenvalue weighted by atomic mass is 10.1. The van der Waals surface area contributed by atoms with Crippen LogP contribution in [0.4, 0.5) is 11.4 Å². The van der Waals surface area contributed by atoms with Crippen LogP contribution in [0.3, 0.4) is 0 Å². The Kier molecular flexibility index (Phi) is 4.44. The Morgan fingerprint density at radius 3 is 2.72 bits per heavy atom. The van der Waals surface area contributed by atoms with Crippen molar-refractivity contribution < 1.29 is 4.92 Å². The molecule has 0 aliphatic carbocycles. The lowest BCUT2D eigenvalue weighted by Gasteiger charge is -2.18. The Morgan fingerprint density at radius 2 is 2.04 bits per heavy atom. The molecule has 0 spiro atoms. The van der Waals surface area contributed by atoms with Gasteiger partial charge >= 0.3 is 0 Å². The molecule has 25 heavy (non-hydrogen) atoms. The SMILES string of the molecule is CN(Cc1cnn(-c2ccccc2)c1)c1ccc(C#N)cc1[N+](=O)[O-]. The van der Waals surface area contributed by atoms with Gasteiger partial charge in [0.1, 0.15) is 5.69 Å². The van der Waals surface area contributed by atoms with Gasteiger partial charge in [-0.05, 0) is 24.3 Å². The molecule has 7 nitrogen and oxygen atoms in total. The highest BCUT2D eigenvalue weighted by atomic mass is 16.6. The minimum atomic E-state index is -0.472. The molecular formula is C18H15N5O2. The minimum absolute atomic E-state index is 0.0861. The first kappa shape index (κ1) is 16.2. The van der Waals surface area contributed by atoms with E-state index in [0.717, 1.165) is 11.3 Å². The van der Waals surface area contributed by atoms with Gasteiger partial charge in [-0.15, -0.1) is 0 Å². The Labute approximate surface area is 144 Å². The van der Waals surface area contributed by atoms with Gasteiger partial charge in [0, 0.05) is 31.4 Å². The van der Waals surface area contributed by atoms with Gasteiger partial charge in [-0.2, -0.15) is 10.4 Å². The average molecular weight is 333 g/mol. The molecule has 1 aromatic heterocycles. The first-order valence-electron chi connectivity index (χ1n) is 7.57. The van der Waals surface area contributed by atoms with Gasteiger partial charge in [-0.1, -0.05) is 18.2 Å². The molecule has 3 rings (SSSR count).